The zero-order chi connectivity index (χ0) is 7.11. The van der Waals surface area contributed by atoms with Crippen LogP contribution >= 0.6 is 8.03 Å². The van der Waals surface area contributed by atoms with Crippen molar-refractivity contribution in [2.45, 2.75) is 13.3 Å². The Kier molecular flexibility index (Phi) is 6.38. The number of hydrogen-bond acceptors (Lipinski definition) is 3. The Bertz CT molecular complexity index is 84.3. The van der Waals surface area contributed by atoms with E-state index in [0.29, 0.717) is 19.2 Å². The molecule has 0 aliphatic carbocycles. The van der Waals surface area contributed by atoms with E-state index in [9.17, 15) is 4.57 Å². The third kappa shape index (κ3) is 6.03. The van der Waals surface area contributed by atoms with Gasteiger partial charge in [0, 0.05) is 12.8 Å². The molecule has 0 spiro atoms. The first-order chi connectivity index (χ1) is 4.31. The van der Waals surface area contributed by atoms with Gasteiger partial charge in [-0.25, -0.2) is 0 Å². The third-order valence-corrected chi connectivity index (χ3v) is 1.96. The van der Waals surface area contributed by atoms with E-state index in [4.69, 9.17) is 9.63 Å². The molecule has 0 fully saturated rings. The normalized spacial score (nSPS) is 13.6. The molecule has 0 saturated carbocycles. The van der Waals surface area contributed by atoms with E-state index in [1.807, 2.05) is 6.92 Å². The molecular weight excluding hydrogens is 139 g/mol. The summed E-state index contributed by atoms with van der Waals surface area (Å²) in [5, 5.41) is 8.28. The summed E-state index contributed by atoms with van der Waals surface area (Å²) >= 11 is 0. The maximum absolute atomic E-state index is 10.6. The molecule has 1 N–H and O–H groups in total. The summed E-state index contributed by atoms with van der Waals surface area (Å²) in [5.41, 5.74) is 0. The van der Waals surface area contributed by atoms with Crippen LogP contribution in [0.15, 0.2) is 0 Å². The second-order valence-electron chi connectivity index (χ2n) is 1.65. The Hall–Kier alpha value is 0.150. The summed E-state index contributed by atoms with van der Waals surface area (Å²) in [6.07, 6.45) is 1.17. The first kappa shape index (κ1) is 9.15. The molecule has 0 aromatic carbocycles. The maximum Gasteiger partial charge on any atom is 0.191 e. The summed E-state index contributed by atoms with van der Waals surface area (Å²) < 4.78 is 15.4. The highest BCUT2D eigenvalue weighted by Crippen LogP contribution is 2.20. The molecule has 0 rings (SSSR count). The molecule has 0 heterocycles. The van der Waals surface area contributed by atoms with Gasteiger partial charge in [0.05, 0.1) is 6.61 Å². The van der Waals surface area contributed by atoms with E-state index in [1.165, 1.54) is 0 Å². The van der Waals surface area contributed by atoms with Crippen molar-refractivity contribution in [3.63, 3.8) is 0 Å². The average Bonchev–Trinajstić information content (AvgIpc) is 1.89. The quantitative estimate of drug-likeness (QED) is 0.470. The summed E-state index contributed by atoms with van der Waals surface area (Å²) in [6, 6.07) is 0. The molecule has 0 radical (unpaired) electrons. The van der Waals surface area contributed by atoms with Crippen molar-refractivity contribution in [2.75, 3.05) is 19.4 Å². The van der Waals surface area contributed by atoms with E-state index < -0.39 is 8.03 Å². The van der Waals surface area contributed by atoms with Gasteiger partial charge in [0.1, 0.15) is 0 Å². The zero-order valence-corrected chi connectivity index (χ0v) is 6.59. The average molecular weight is 152 g/mol. The van der Waals surface area contributed by atoms with Crippen molar-refractivity contribution in [3.05, 3.63) is 0 Å². The van der Waals surface area contributed by atoms with E-state index in [1.54, 1.807) is 0 Å². The topological polar surface area (TPSA) is 46.5 Å². The standard InChI is InChI=1S/C5H13O3P/c1-2-9(7)8-5-3-4-6/h6,9H,2-5H2,1H3. The fourth-order valence-corrected chi connectivity index (χ4v) is 0.929. The number of aliphatic hydroxyl groups is 1. The van der Waals surface area contributed by atoms with Gasteiger partial charge in [-0.05, 0) is 6.42 Å². The van der Waals surface area contributed by atoms with Crippen LogP contribution in [0.5, 0.6) is 0 Å². The highest BCUT2D eigenvalue weighted by molar-refractivity contribution is 7.39. The lowest BCUT2D eigenvalue weighted by Crippen LogP contribution is -1.90. The molecule has 0 bridgehead atoms. The molecule has 56 valence electrons. The smallest absolute Gasteiger partial charge is 0.191 e. The summed E-state index contributed by atoms with van der Waals surface area (Å²) in [6.45, 7) is 2.35. The molecule has 0 aliphatic rings. The second-order valence-corrected chi connectivity index (χ2v) is 3.39. The fourth-order valence-electron chi connectivity index (χ4n) is 0.353. The van der Waals surface area contributed by atoms with Crippen LogP contribution in [-0.2, 0) is 9.09 Å². The van der Waals surface area contributed by atoms with Crippen LogP contribution in [0.1, 0.15) is 13.3 Å². The van der Waals surface area contributed by atoms with Gasteiger partial charge in [-0.2, -0.15) is 0 Å². The molecule has 0 amide bonds. The van der Waals surface area contributed by atoms with Crippen LogP contribution < -0.4 is 0 Å². The summed E-state index contributed by atoms with van der Waals surface area (Å²) in [7, 11) is -1.76. The Labute approximate surface area is 55.9 Å². The Morgan fingerprint density at radius 1 is 1.67 bits per heavy atom. The van der Waals surface area contributed by atoms with Gasteiger partial charge in [-0.1, -0.05) is 6.92 Å². The van der Waals surface area contributed by atoms with E-state index >= 15 is 0 Å². The van der Waals surface area contributed by atoms with Crippen LogP contribution in [0.2, 0.25) is 0 Å². The fraction of sp³-hybridized carbons (Fsp3) is 1.00. The molecule has 1 atom stereocenters. The van der Waals surface area contributed by atoms with Crippen molar-refractivity contribution in [1.29, 1.82) is 0 Å². The van der Waals surface area contributed by atoms with Crippen LogP contribution in [0, 0.1) is 0 Å². The van der Waals surface area contributed by atoms with Crippen LogP contribution in [0.4, 0.5) is 0 Å². The molecule has 4 heteroatoms. The molecule has 0 aromatic heterocycles. The van der Waals surface area contributed by atoms with E-state index in [-0.39, 0.29) is 6.61 Å². The lowest BCUT2D eigenvalue weighted by molar-refractivity contribution is 0.239. The van der Waals surface area contributed by atoms with Crippen LogP contribution in [0.3, 0.4) is 0 Å². The van der Waals surface area contributed by atoms with Crippen molar-refractivity contribution in [3.8, 4) is 0 Å². The van der Waals surface area contributed by atoms with Gasteiger partial charge >= 0.3 is 0 Å². The Morgan fingerprint density at radius 2 is 2.33 bits per heavy atom. The minimum Gasteiger partial charge on any atom is -0.396 e. The van der Waals surface area contributed by atoms with Crippen LogP contribution in [0.25, 0.3) is 0 Å². The summed E-state index contributed by atoms with van der Waals surface area (Å²) in [5.74, 6) is 0. The molecule has 3 nitrogen and oxygen atoms in total. The van der Waals surface area contributed by atoms with E-state index in [0.717, 1.165) is 0 Å². The molecule has 0 aromatic rings. The predicted molar refractivity (Wildman–Crippen MR) is 37.2 cm³/mol. The minimum atomic E-state index is -1.76. The van der Waals surface area contributed by atoms with E-state index in [2.05, 4.69) is 0 Å². The largest absolute Gasteiger partial charge is 0.396 e. The lowest BCUT2D eigenvalue weighted by Gasteiger charge is -1.98. The summed E-state index contributed by atoms with van der Waals surface area (Å²) in [4.78, 5) is 0. The van der Waals surface area contributed by atoms with Gasteiger partial charge in [0.2, 0.25) is 0 Å². The highest BCUT2D eigenvalue weighted by Gasteiger charge is 1.92. The predicted octanol–water partition coefficient (Wildman–Crippen LogP) is 0.880. The SMILES string of the molecule is CC[PH](=O)OCCCO. The lowest BCUT2D eigenvalue weighted by atomic mass is 10.5. The molecule has 0 saturated heterocycles. The van der Waals surface area contributed by atoms with Crippen molar-refractivity contribution in [2.24, 2.45) is 0 Å². The maximum atomic E-state index is 10.6. The van der Waals surface area contributed by atoms with Gasteiger partial charge in [-0.3, -0.25) is 4.57 Å². The first-order valence-corrected chi connectivity index (χ1v) is 4.60. The van der Waals surface area contributed by atoms with Crippen molar-refractivity contribution < 1.29 is 14.2 Å². The van der Waals surface area contributed by atoms with Crippen molar-refractivity contribution in [1.82, 2.24) is 0 Å². The molecule has 1 unspecified atom stereocenters. The monoisotopic (exact) mass is 152 g/mol. The van der Waals surface area contributed by atoms with Gasteiger partial charge in [0.25, 0.3) is 0 Å². The van der Waals surface area contributed by atoms with Crippen molar-refractivity contribution >= 4 is 8.03 Å². The first-order valence-electron chi connectivity index (χ1n) is 3.07. The molecule has 0 aliphatic heterocycles. The van der Waals surface area contributed by atoms with Gasteiger partial charge < -0.3 is 9.63 Å². The number of hydrogen-bond donors (Lipinski definition) is 1. The van der Waals surface area contributed by atoms with Gasteiger partial charge in [-0.15, -0.1) is 0 Å². The third-order valence-electron chi connectivity index (χ3n) is 0.854. The molecule has 9 heavy (non-hydrogen) atoms. The molecular formula is C5H13O3P. The number of rotatable bonds is 5. The highest BCUT2D eigenvalue weighted by atomic mass is 31.1. The Balaban J connectivity index is 2.97. The zero-order valence-electron chi connectivity index (χ0n) is 5.59. The Morgan fingerprint density at radius 3 is 2.78 bits per heavy atom. The minimum absolute atomic E-state index is 0.110. The van der Waals surface area contributed by atoms with Crippen LogP contribution in [-0.4, -0.2) is 24.5 Å². The number of aliphatic hydroxyl groups excluding tert-OH is 1. The van der Waals surface area contributed by atoms with Gasteiger partial charge in [0.15, 0.2) is 8.03 Å². The second kappa shape index (κ2) is 6.27.